The molecule has 1 aromatic heterocycles. The van der Waals surface area contributed by atoms with Gasteiger partial charge < -0.3 is 5.11 Å². The largest absolute Gasteiger partial charge is 0.365 e. The van der Waals surface area contributed by atoms with Crippen LogP contribution in [-0.4, -0.2) is 26.7 Å². The Morgan fingerprint density at radius 3 is 2.65 bits per heavy atom. The predicted octanol–water partition coefficient (Wildman–Crippen LogP) is 3.19. The summed E-state index contributed by atoms with van der Waals surface area (Å²) in [4.78, 5) is 16.8. The summed E-state index contributed by atoms with van der Waals surface area (Å²) in [6.45, 7) is 1.94. The van der Waals surface area contributed by atoms with Crippen molar-refractivity contribution in [1.82, 2.24) is 9.99 Å². The molecule has 118 valence electrons. The fourth-order valence-corrected chi connectivity index (χ4v) is 2.84. The number of carbonyl (C=O) groups excluding carboxylic acids is 1. The molecule has 0 aliphatic carbocycles. The second kappa shape index (κ2) is 6.10. The lowest BCUT2D eigenvalue weighted by molar-refractivity contribution is -0.0766. The van der Waals surface area contributed by atoms with Gasteiger partial charge in [-0.25, -0.2) is 0 Å². The number of pyridine rings is 1. The summed E-state index contributed by atoms with van der Waals surface area (Å²) in [5.74, 6) is -0.432. The maximum atomic E-state index is 12.9. The van der Waals surface area contributed by atoms with Gasteiger partial charge in [0.05, 0.1) is 10.6 Å². The second-order valence-corrected chi connectivity index (χ2v) is 5.75. The lowest BCUT2D eigenvalue weighted by atomic mass is 9.97. The molecule has 1 aromatic carbocycles. The molecule has 2 heterocycles. The first-order valence-electron chi connectivity index (χ1n) is 7.34. The van der Waals surface area contributed by atoms with Crippen LogP contribution < -0.4 is 0 Å². The number of halogens is 1. The number of carbonyl (C=O) groups is 1. The first-order valence-corrected chi connectivity index (χ1v) is 7.72. The summed E-state index contributed by atoms with van der Waals surface area (Å²) < 4.78 is 0. The van der Waals surface area contributed by atoms with Gasteiger partial charge in [0.25, 0.3) is 5.91 Å². The maximum absolute atomic E-state index is 12.9. The molecule has 3 rings (SSSR count). The minimum atomic E-state index is -1.52. The van der Waals surface area contributed by atoms with Crippen LogP contribution in [0.25, 0.3) is 0 Å². The van der Waals surface area contributed by atoms with Crippen LogP contribution in [0.5, 0.6) is 0 Å². The quantitative estimate of drug-likeness (QED) is 0.940. The van der Waals surface area contributed by atoms with Crippen LogP contribution in [-0.2, 0) is 5.72 Å². The molecule has 23 heavy (non-hydrogen) atoms. The highest BCUT2D eigenvalue weighted by Crippen LogP contribution is 2.37. The number of hydrogen-bond acceptors (Lipinski definition) is 4. The highest BCUT2D eigenvalue weighted by atomic mass is 35.5. The Hall–Kier alpha value is -2.24. The van der Waals surface area contributed by atoms with Gasteiger partial charge in [0.2, 0.25) is 0 Å². The Morgan fingerprint density at radius 2 is 2.00 bits per heavy atom. The lowest BCUT2D eigenvalue weighted by Gasteiger charge is -2.31. The summed E-state index contributed by atoms with van der Waals surface area (Å²) in [5, 5.41) is 16.9. The van der Waals surface area contributed by atoms with Crippen molar-refractivity contribution in [3.63, 3.8) is 0 Å². The first kappa shape index (κ1) is 15.6. The monoisotopic (exact) mass is 329 g/mol. The highest BCUT2D eigenvalue weighted by Gasteiger charge is 2.46. The molecule has 1 N–H and O–H groups in total. The van der Waals surface area contributed by atoms with Gasteiger partial charge in [-0.2, -0.15) is 10.1 Å². The van der Waals surface area contributed by atoms with Gasteiger partial charge in [0.1, 0.15) is 0 Å². The van der Waals surface area contributed by atoms with E-state index >= 15 is 0 Å². The average molecular weight is 330 g/mol. The molecule has 0 spiro atoms. The summed E-state index contributed by atoms with van der Waals surface area (Å²) in [5.41, 5.74) is 0.109. The predicted molar refractivity (Wildman–Crippen MR) is 88.1 cm³/mol. The van der Waals surface area contributed by atoms with Crippen LogP contribution in [0, 0.1) is 0 Å². The van der Waals surface area contributed by atoms with E-state index in [0.29, 0.717) is 22.6 Å². The minimum Gasteiger partial charge on any atom is -0.365 e. The van der Waals surface area contributed by atoms with E-state index in [0.717, 1.165) is 10.7 Å². The van der Waals surface area contributed by atoms with Gasteiger partial charge in [0.15, 0.2) is 5.72 Å². The molecule has 5 nitrogen and oxygen atoms in total. The molecular formula is C17H16ClN3O2. The van der Waals surface area contributed by atoms with E-state index in [-0.39, 0.29) is 6.42 Å². The normalized spacial score (nSPS) is 20.5. The molecule has 1 atom stereocenters. The van der Waals surface area contributed by atoms with Gasteiger partial charge in [-0.15, -0.1) is 0 Å². The Labute approximate surface area is 139 Å². The van der Waals surface area contributed by atoms with Crippen LogP contribution in [0.2, 0.25) is 5.02 Å². The van der Waals surface area contributed by atoms with Crippen molar-refractivity contribution < 1.29 is 9.90 Å². The van der Waals surface area contributed by atoms with E-state index < -0.39 is 11.6 Å². The molecule has 1 unspecified atom stereocenters. The Bertz CT molecular complexity index is 763. The molecule has 0 bridgehead atoms. The van der Waals surface area contributed by atoms with E-state index in [4.69, 9.17) is 11.6 Å². The van der Waals surface area contributed by atoms with Gasteiger partial charge in [-0.3, -0.25) is 9.78 Å². The van der Waals surface area contributed by atoms with Crippen LogP contribution in [0.4, 0.5) is 0 Å². The van der Waals surface area contributed by atoms with Crippen LogP contribution >= 0.6 is 11.6 Å². The van der Waals surface area contributed by atoms with Crippen LogP contribution in [0.1, 0.15) is 35.7 Å². The van der Waals surface area contributed by atoms with E-state index in [2.05, 4.69) is 10.1 Å². The van der Waals surface area contributed by atoms with Crippen LogP contribution in [0.3, 0.4) is 0 Å². The first-order chi connectivity index (χ1) is 11.1. The lowest BCUT2D eigenvalue weighted by Crippen LogP contribution is -2.43. The zero-order chi connectivity index (χ0) is 16.4. The van der Waals surface area contributed by atoms with Crippen molar-refractivity contribution in [2.24, 2.45) is 5.10 Å². The average Bonchev–Trinajstić information content (AvgIpc) is 2.94. The standard InChI is InChI=1S/C17H16ClN3O2/c1-2-13-11-17(23,12-7-9-19-10-8-12)21(20-13)16(22)14-5-3-4-6-15(14)18/h3-10,23H,2,11H2,1H3. The zero-order valence-corrected chi connectivity index (χ0v) is 13.4. The van der Waals surface area contributed by atoms with Crippen LogP contribution in [0.15, 0.2) is 53.9 Å². The highest BCUT2D eigenvalue weighted by molar-refractivity contribution is 6.33. The molecule has 0 fully saturated rings. The number of benzene rings is 1. The Balaban J connectivity index is 2.05. The summed E-state index contributed by atoms with van der Waals surface area (Å²) in [6, 6.07) is 10.1. The molecule has 0 radical (unpaired) electrons. The third-order valence-corrected chi connectivity index (χ3v) is 4.22. The minimum absolute atomic E-state index is 0.268. The molecule has 1 amide bonds. The number of hydrogen-bond donors (Lipinski definition) is 1. The van der Waals surface area contributed by atoms with E-state index in [1.165, 1.54) is 0 Å². The number of aromatic nitrogens is 1. The molecule has 0 saturated carbocycles. The zero-order valence-electron chi connectivity index (χ0n) is 12.6. The van der Waals surface area contributed by atoms with Crippen molar-refractivity contribution in [2.75, 3.05) is 0 Å². The third-order valence-electron chi connectivity index (χ3n) is 3.89. The topological polar surface area (TPSA) is 65.8 Å². The summed E-state index contributed by atoms with van der Waals surface area (Å²) in [6.07, 6.45) is 4.08. The van der Waals surface area contributed by atoms with E-state index in [1.54, 1.807) is 48.8 Å². The molecular weight excluding hydrogens is 314 g/mol. The van der Waals surface area contributed by atoms with Gasteiger partial charge >= 0.3 is 0 Å². The number of rotatable bonds is 3. The van der Waals surface area contributed by atoms with Crippen molar-refractivity contribution in [2.45, 2.75) is 25.5 Å². The Morgan fingerprint density at radius 1 is 1.30 bits per heavy atom. The summed E-state index contributed by atoms with van der Waals surface area (Å²) in [7, 11) is 0. The molecule has 1 aliphatic rings. The SMILES string of the molecule is CCC1=NN(C(=O)c2ccccc2Cl)C(O)(c2ccncc2)C1. The number of nitrogens with zero attached hydrogens (tertiary/aromatic N) is 3. The van der Waals surface area contributed by atoms with Crippen molar-refractivity contribution in [3.05, 3.63) is 64.9 Å². The number of amides is 1. The van der Waals surface area contributed by atoms with Crippen molar-refractivity contribution in [1.29, 1.82) is 0 Å². The number of hydrazone groups is 1. The van der Waals surface area contributed by atoms with Gasteiger partial charge in [0, 0.05) is 30.1 Å². The maximum Gasteiger partial charge on any atom is 0.278 e. The van der Waals surface area contributed by atoms with Gasteiger partial charge in [-0.1, -0.05) is 30.7 Å². The fraction of sp³-hybridized carbons (Fsp3) is 0.235. The van der Waals surface area contributed by atoms with E-state index in [1.807, 2.05) is 6.92 Å². The molecule has 1 aliphatic heterocycles. The number of aliphatic hydroxyl groups is 1. The fourth-order valence-electron chi connectivity index (χ4n) is 2.62. The third kappa shape index (κ3) is 2.73. The smallest absolute Gasteiger partial charge is 0.278 e. The van der Waals surface area contributed by atoms with Crippen molar-refractivity contribution >= 4 is 23.2 Å². The Kier molecular flexibility index (Phi) is 4.15. The molecule has 2 aromatic rings. The summed E-state index contributed by atoms with van der Waals surface area (Å²) >= 11 is 6.12. The molecule has 6 heteroatoms. The second-order valence-electron chi connectivity index (χ2n) is 5.35. The van der Waals surface area contributed by atoms with E-state index in [9.17, 15) is 9.90 Å². The molecule has 0 saturated heterocycles. The van der Waals surface area contributed by atoms with Gasteiger partial charge in [-0.05, 0) is 30.7 Å². The van der Waals surface area contributed by atoms with Crippen molar-refractivity contribution in [3.8, 4) is 0 Å².